The van der Waals surface area contributed by atoms with Crippen molar-refractivity contribution in [1.29, 1.82) is 0 Å². The smallest absolute Gasteiger partial charge is 0.252 e. The van der Waals surface area contributed by atoms with Crippen molar-refractivity contribution in [3.05, 3.63) is 70.7 Å². The SMILES string of the molecule is O=C(NCCNC(=O)C1CC(=O)N(CCc2ccccc2)C1)c1ccccc1Cl. The van der Waals surface area contributed by atoms with Crippen LogP contribution in [0.2, 0.25) is 5.02 Å². The molecule has 1 aliphatic heterocycles. The van der Waals surface area contributed by atoms with E-state index in [2.05, 4.69) is 10.6 Å². The Kier molecular flexibility index (Phi) is 7.25. The molecule has 152 valence electrons. The predicted octanol–water partition coefficient (Wildman–Crippen LogP) is 2.28. The highest BCUT2D eigenvalue weighted by Gasteiger charge is 2.33. The highest BCUT2D eigenvalue weighted by atomic mass is 35.5. The molecule has 0 radical (unpaired) electrons. The number of benzene rings is 2. The van der Waals surface area contributed by atoms with Crippen LogP contribution in [-0.4, -0.2) is 48.8 Å². The van der Waals surface area contributed by atoms with E-state index in [0.717, 1.165) is 6.42 Å². The Labute approximate surface area is 175 Å². The Morgan fingerprint density at radius 3 is 2.45 bits per heavy atom. The van der Waals surface area contributed by atoms with Crippen LogP contribution in [0, 0.1) is 5.92 Å². The molecule has 29 heavy (non-hydrogen) atoms. The minimum absolute atomic E-state index is 0.00750. The van der Waals surface area contributed by atoms with Crippen LogP contribution in [0.25, 0.3) is 0 Å². The van der Waals surface area contributed by atoms with Crippen LogP contribution in [-0.2, 0) is 16.0 Å². The largest absolute Gasteiger partial charge is 0.354 e. The highest BCUT2D eigenvalue weighted by molar-refractivity contribution is 6.33. The first-order chi connectivity index (χ1) is 14.0. The Hall–Kier alpha value is -2.86. The van der Waals surface area contributed by atoms with E-state index in [1.165, 1.54) is 5.56 Å². The van der Waals surface area contributed by atoms with Crippen molar-refractivity contribution in [2.45, 2.75) is 12.8 Å². The summed E-state index contributed by atoms with van der Waals surface area (Å²) in [7, 11) is 0. The molecule has 3 rings (SSSR count). The Bertz CT molecular complexity index is 873. The number of nitrogens with zero attached hydrogens (tertiary/aromatic N) is 1. The lowest BCUT2D eigenvalue weighted by Crippen LogP contribution is -2.38. The minimum atomic E-state index is -0.349. The molecule has 2 N–H and O–H groups in total. The molecule has 1 unspecified atom stereocenters. The lowest BCUT2D eigenvalue weighted by Gasteiger charge is -2.16. The van der Waals surface area contributed by atoms with Crippen molar-refractivity contribution in [2.24, 2.45) is 5.92 Å². The fraction of sp³-hybridized carbons (Fsp3) is 0.318. The average molecular weight is 414 g/mol. The van der Waals surface area contributed by atoms with Gasteiger partial charge in [-0.15, -0.1) is 0 Å². The van der Waals surface area contributed by atoms with E-state index in [9.17, 15) is 14.4 Å². The molecule has 0 bridgehead atoms. The van der Waals surface area contributed by atoms with Gasteiger partial charge < -0.3 is 15.5 Å². The lowest BCUT2D eigenvalue weighted by molar-refractivity contribution is -0.129. The summed E-state index contributed by atoms with van der Waals surface area (Å²) >= 11 is 5.99. The summed E-state index contributed by atoms with van der Waals surface area (Å²) in [6.07, 6.45) is 1.00. The molecule has 0 saturated carbocycles. The van der Waals surface area contributed by atoms with Gasteiger partial charge in [0.2, 0.25) is 11.8 Å². The van der Waals surface area contributed by atoms with Gasteiger partial charge in [0, 0.05) is 32.6 Å². The molecular weight excluding hydrogens is 390 g/mol. The van der Waals surface area contributed by atoms with E-state index in [4.69, 9.17) is 11.6 Å². The second-order valence-corrected chi connectivity index (χ2v) is 7.41. The number of halogens is 1. The number of carbonyl (C=O) groups is 3. The first kappa shape index (κ1) is 20.9. The van der Waals surface area contributed by atoms with E-state index in [-0.39, 0.29) is 36.6 Å². The van der Waals surface area contributed by atoms with Crippen molar-refractivity contribution in [2.75, 3.05) is 26.2 Å². The molecule has 1 heterocycles. The third kappa shape index (κ3) is 5.81. The summed E-state index contributed by atoms with van der Waals surface area (Å²) in [5.74, 6) is -0.786. The maximum Gasteiger partial charge on any atom is 0.252 e. The van der Waals surface area contributed by atoms with Gasteiger partial charge in [0.25, 0.3) is 5.91 Å². The van der Waals surface area contributed by atoms with Crippen molar-refractivity contribution in [1.82, 2.24) is 15.5 Å². The Morgan fingerprint density at radius 2 is 1.69 bits per heavy atom. The third-order valence-corrected chi connectivity index (χ3v) is 5.26. The van der Waals surface area contributed by atoms with Crippen molar-refractivity contribution in [3.63, 3.8) is 0 Å². The van der Waals surface area contributed by atoms with Gasteiger partial charge in [0.15, 0.2) is 0 Å². The number of rotatable bonds is 8. The summed E-state index contributed by atoms with van der Waals surface area (Å²) < 4.78 is 0. The zero-order valence-electron chi connectivity index (χ0n) is 16.1. The molecule has 6 nitrogen and oxygen atoms in total. The molecule has 1 atom stereocenters. The number of carbonyl (C=O) groups excluding carboxylic acids is 3. The van der Waals surface area contributed by atoms with Crippen molar-refractivity contribution < 1.29 is 14.4 Å². The number of hydrogen-bond donors (Lipinski definition) is 2. The van der Waals surface area contributed by atoms with Crippen LogP contribution in [0.15, 0.2) is 54.6 Å². The summed E-state index contributed by atoms with van der Waals surface area (Å²) in [5.41, 5.74) is 1.57. The van der Waals surface area contributed by atoms with Gasteiger partial charge in [0.05, 0.1) is 16.5 Å². The van der Waals surface area contributed by atoms with E-state index >= 15 is 0 Å². The second kappa shape index (κ2) is 10.1. The fourth-order valence-corrected chi connectivity index (χ4v) is 3.54. The van der Waals surface area contributed by atoms with Gasteiger partial charge in [0.1, 0.15) is 0 Å². The van der Waals surface area contributed by atoms with Crippen LogP contribution in [0.5, 0.6) is 0 Å². The number of nitrogens with one attached hydrogen (secondary N) is 2. The van der Waals surface area contributed by atoms with E-state index in [1.807, 2.05) is 30.3 Å². The predicted molar refractivity (Wildman–Crippen MR) is 112 cm³/mol. The van der Waals surface area contributed by atoms with Gasteiger partial charge in [-0.25, -0.2) is 0 Å². The summed E-state index contributed by atoms with van der Waals surface area (Å²) in [4.78, 5) is 38.4. The lowest BCUT2D eigenvalue weighted by atomic mass is 10.1. The second-order valence-electron chi connectivity index (χ2n) is 7.00. The quantitative estimate of drug-likeness (QED) is 0.652. The van der Waals surface area contributed by atoms with E-state index in [0.29, 0.717) is 30.2 Å². The normalized spacial score (nSPS) is 16.0. The summed E-state index contributed by atoms with van der Waals surface area (Å²) in [6, 6.07) is 16.8. The number of likely N-dealkylation sites (tertiary alicyclic amines) is 1. The fourth-order valence-electron chi connectivity index (χ4n) is 3.32. The molecule has 1 saturated heterocycles. The average Bonchev–Trinajstić information content (AvgIpc) is 3.11. The molecule has 2 aromatic rings. The standard InChI is InChI=1S/C22H24ClN3O3/c23-19-9-5-4-8-18(19)22(29)25-12-11-24-21(28)17-14-20(27)26(15-17)13-10-16-6-2-1-3-7-16/h1-9,17H,10-15H2,(H,24,28)(H,25,29). The van der Waals surface area contributed by atoms with Crippen molar-refractivity contribution in [3.8, 4) is 0 Å². The first-order valence-electron chi connectivity index (χ1n) is 9.66. The van der Waals surface area contributed by atoms with Crippen LogP contribution >= 0.6 is 11.6 Å². The number of amides is 3. The zero-order chi connectivity index (χ0) is 20.6. The molecule has 1 aliphatic rings. The van der Waals surface area contributed by atoms with Crippen LogP contribution in [0.3, 0.4) is 0 Å². The molecule has 1 fully saturated rings. The van der Waals surface area contributed by atoms with Gasteiger partial charge in [-0.3, -0.25) is 14.4 Å². The maximum absolute atomic E-state index is 12.4. The summed E-state index contributed by atoms with van der Waals surface area (Å²) in [6.45, 7) is 1.63. The molecule has 0 aromatic heterocycles. The van der Waals surface area contributed by atoms with Gasteiger partial charge in [-0.05, 0) is 24.1 Å². The van der Waals surface area contributed by atoms with Crippen molar-refractivity contribution >= 4 is 29.3 Å². The van der Waals surface area contributed by atoms with Crippen LogP contribution in [0.1, 0.15) is 22.3 Å². The minimum Gasteiger partial charge on any atom is -0.354 e. The van der Waals surface area contributed by atoms with Crippen LogP contribution < -0.4 is 10.6 Å². The Morgan fingerprint density at radius 1 is 1.00 bits per heavy atom. The molecule has 0 aliphatic carbocycles. The first-order valence-corrected chi connectivity index (χ1v) is 10.0. The summed E-state index contributed by atoms with van der Waals surface area (Å²) in [5, 5.41) is 5.91. The maximum atomic E-state index is 12.4. The van der Waals surface area contributed by atoms with Gasteiger partial charge >= 0.3 is 0 Å². The molecule has 3 amide bonds. The molecular formula is C22H24ClN3O3. The van der Waals surface area contributed by atoms with Gasteiger partial charge in [-0.2, -0.15) is 0 Å². The molecule has 2 aromatic carbocycles. The van der Waals surface area contributed by atoms with Gasteiger partial charge in [-0.1, -0.05) is 54.1 Å². The Balaban J connectivity index is 1.38. The monoisotopic (exact) mass is 413 g/mol. The number of hydrogen-bond acceptors (Lipinski definition) is 3. The van der Waals surface area contributed by atoms with Crippen LogP contribution in [0.4, 0.5) is 0 Å². The highest BCUT2D eigenvalue weighted by Crippen LogP contribution is 2.18. The van der Waals surface area contributed by atoms with E-state index < -0.39 is 0 Å². The topological polar surface area (TPSA) is 78.5 Å². The third-order valence-electron chi connectivity index (χ3n) is 4.93. The molecule has 7 heteroatoms. The van der Waals surface area contributed by atoms with E-state index in [1.54, 1.807) is 29.2 Å². The zero-order valence-corrected chi connectivity index (χ0v) is 16.8. The molecule has 0 spiro atoms.